The van der Waals surface area contributed by atoms with Gasteiger partial charge in [0, 0.05) is 11.5 Å². The minimum Gasteiger partial charge on any atom is -0.507 e. The smallest absolute Gasteiger partial charge is 0.416 e. The van der Waals surface area contributed by atoms with Crippen LogP contribution in [0.3, 0.4) is 0 Å². The van der Waals surface area contributed by atoms with Crippen LogP contribution < -0.4 is 5.76 Å². The number of aromatic nitrogens is 1. The Morgan fingerprint density at radius 2 is 2.00 bits per heavy atom. The number of hydrogen-bond acceptors (Lipinski definition) is 3. The molecule has 2 N–H and O–H groups in total. The molecular weight excluding hydrogens is 206 g/mol. The molecule has 0 atom stereocenters. The fraction of sp³-hybridized carbons (Fsp3) is 0.250. The third kappa shape index (κ3) is 1.74. The molecule has 0 amide bonds. The summed E-state index contributed by atoms with van der Waals surface area (Å²) in [6, 6.07) is 6.84. The molecule has 1 aromatic heterocycles. The van der Waals surface area contributed by atoms with Crippen LogP contribution in [0.2, 0.25) is 0 Å². The summed E-state index contributed by atoms with van der Waals surface area (Å²) in [6.07, 6.45) is 0. The molecule has 0 radical (unpaired) electrons. The minimum absolute atomic E-state index is 0.0774. The lowest BCUT2D eigenvalue weighted by atomic mass is 10.0. The van der Waals surface area contributed by atoms with Gasteiger partial charge in [-0.2, -0.15) is 0 Å². The lowest BCUT2D eigenvalue weighted by molar-refractivity contribution is 0.451. The largest absolute Gasteiger partial charge is 0.507 e. The van der Waals surface area contributed by atoms with Crippen molar-refractivity contribution in [2.24, 2.45) is 0 Å². The van der Waals surface area contributed by atoms with Gasteiger partial charge < -0.3 is 9.52 Å². The van der Waals surface area contributed by atoms with E-state index in [1.807, 2.05) is 13.8 Å². The van der Waals surface area contributed by atoms with Gasteiger partial charge in [-0.25, -0.2) is 4.79 Å². The first-order valence-corrected chi connectivity index (χ1v) is 5.11. The maximum Gasteiger partial charge on any atom is 0.416 e. The molecule has 1 aromatic carbocycles. The van der Waals surface area contributed by atoms with E-state index in [4.69, 9.17) is 4.42 Å². The summed E-state index contributed by atoms with van der Waals surface area (Å²) in [4.78, 5) is 13.8. The van der Waals surface area contributed by atoms with E-state index < -0.39 is 5.76 Å². The predicted molar refractivity (Wildman–Crippen MR) is 60.5 cm³/mol. The molecule has 0 aliphatic heterocycles. The number of rotatable bonds is 2. The van der Waals surface area contributed by atoms with E-state index in [9.17, 15) is 9.90 Å². The summed E-state index contributed by atoms with van der Waals surface area (Å²) >= 11 is 0. The van der Waals surface area contributed by atoms with E-state index in [1.165, 1.54) is 0 Å². The van der Waals surface area contributed by atoms with Crippen LogP contribution >= 0.6 is 0 Å². The van der Waals surface area contributed by atoms with Crippen LogP contribution in [0.4, 0.5) is 0 Å². The normalized spacial score (nSPS) is 10.9. The van der Waals surface area contributed by atoms with Crippen molar-refractivity contribution in [3.63, 3.8) is 0 Å². The van der Waals surface area contributed by atoms with E-state index in [0.717, 1.165) is 0 Å². The number of benzene rings is 1. The Morgan fingerprint density at radius 3 is 2.62 bits per heavy atom. The van der Waals surface area contributed by atoms with Gasteiger partial charge in [-0.3, -0.25) is 4.98 Å². The summed E-state index contributed by atoms with van der Waals surface area (Å²) in [5.41, 5.74) is 1.13. The van der Waals surface area contributed by atoms with Crippen LogP contribution in [0.15, 0.2) is 33.5 Å². The van der Waals surface area contributed by atoms with Crippen LogP contribution in [0.1, 0.15) is 25.5 Å². The molecule has 0 spiro atoms. The maximum absolute atomic E-state index is 11.2. The molecule has 2 aromatic rings. The van der Waals surface area contributed by atoms with Gasteiger partial charge in [0.05, 0.1) is 5.69 Å². The van der Waals surface area contributed by atoms with Gasteiger partial charge in [-0.05, 0) is 12.1 Å². The first-order chi connectivity index (χ1) is 7.59. The number of aromatic hydroxyl groups is 1. The quantitative estimate of drug-likeness (QED) is 0.815. The van der Waals surface area contributed by atoms with Crippen molar-refractivity contribution < 1.29 is 9.52 Å². The van der Waals surface area contributed by atoms with Gasteiger partial charge in [-0.15, -0.1) is 0 Å². The Balaban J connectivity index is 2.64. The van der Waals surface area contributed by atoms with E-state index in [-0.39, 0.29) is 11.7 Å². The predicted octanol–water partition coefficient (Wildman–Crippen LogP) is 2.46. The lowest BCUT2D eigenvalue weighted by Gasteiger charge is -2.05. The Kier molecular flexibility index (Phi) is 2.56. The highest BCUT2D eigenvalue weighted by Crippen LogP contribution is 2.32. The molecule has 0 bridgehead atoms. The molecule has 0 saturated carbocycles. The van der Waals surface area contributed by atoms with E-state index >= 15 is 0 Å². The fourth-order valence-corrected chi connectivity index (χ4v) is 1.63. The number of oxazole rings is 1. The maximum atomic E-state index is 11.2. The second-order valence-corrected chi connectivity index (χ2v) is 3.93. The molecular formula is C12H13NO3. The second kappa shape index (κ2) is 3.89. The first kappa shape index (κ1) is 10.5. The van der Waals surface area contributed by atoms with Crippen LogP contribution in [0.5, 0.6) is 5.75 Å². The van der Waals surface area contributed by atoms with Gasteiger partial charge in [0.25, 0.3) is 0 Å². The molecule has 84 valence electrons. The average Bonchev–Trinajstić information content (AvgIpc) is 2.61. The monoisotopic (exact) mass is 219 g/mol. The molecule has 0 saturated heterocycles. The molecule has 0 unspecified atom stereocenters. The van der Waals surface area contributed by atoms with Crippen molar-refractivity contribution in [3.05, 3.63) is 40.6 Å². The molecule has 16 heavy (non-hydrogen) atoms. The molecule has 0 fully saturated rings. The van der Waals surface area contributed by atoms with Gasteiger partial charge in [0.1, 0.15) is 11.5 Å². The highest BCUT2D eigenvalue weighted by molar-refractivity contribution is 5.68. The lowest BCUT2D eigenvalue weighted by Crippen LogP contribution is -1.94. The number of phenols is 1. The Hall–Kier alpha value is -1.97. The van der Waals surface area contributed by atoms with Crippen LogP contribution in [0.25, 0.3) is 11.3 Å². The summed E-state index contributed by atoms with van der Waals surface area (Å²) in [7, 11) is 0. The highest BCUT2D eigenvalue weighted by Gasteiger charge is 2.17. The summed E-state index contributed by atoms with van der Waals surface area (Å²) in [5, 5.41) is 9.72. The zero-order chi connectivity index (χ0) is 11.7. The van der Waals surface area contributed by atoms with Crippen molar-refractivity contribution in [1.82, 2.24) is 4.98 Å². The number of aromatic amines is 1. The third-order valence-electron chi connectivity index (χ3n) is 2.37. The topological polar surface area (TPSA) is 66.2 Å². The van der Waals surface area contributed by atoms with Crippen molar-refractivity contribution in [1.29, 1.82) is 0 Å². The zero-order valence-electron chi connectivity index (χ0n) is 9.15. The zero-order valence-corrected chi connectivity index (χ0v) is 9.15. The van der Waals surface area contributed by atoms with Gasteiger partial charge in [-0.1, -0.05) is 26.0 Å². The first-order valence-electron chi connectivity index (χ1n) is 5.11. The minimum atomic E-state index is -0.498. The summed E-state index contributed by atoms with van der Waals surface area (Å²) < 4.78 is 5.06. The molecule has 4 heteroatoms. The number of H-pyrrole nitrogens is 1. The fourth-order valence-electron chi connectivity index (χ4n) is 1.63. The van der Waals surface area contributed by atoms with Crippen LogP contribution in [0, 0.1) is 0 Å². The molecule has 4 nitrogen and oxygen atoms in total. The number of hydrogen-bond donors (Lipinski definition) is 2. The Bertz CT molecular complexity index is 551. The number of phenolic OH excluding ortho intramolecular Hbond substituents is 1. The van der Waals surface area contributed by atoms with E-state index in [2.05, 4.69) is 4.98 Å². The molecule has 2 rings (SSSR count). The standard InChI is InChI=1S/C12H13NO3/c1-7(2)11-10(13-12(15)16-11)8-5-3-4-6-9(8)14/h3-7,14H,1-2H3,(H,13,15). The summed E-state index contributed by atoms with van der Waals surface area (Å²) in [6.45, 7) is 3.85. The van der Waals surface area contributed by atoms with Crippen LogP contribution in [-0.2, 0) is 0 Å². The Morgan fingerprint density at radius 1 is 1.31 bits per heavy atom. The van der Waals surface area contributed by atoms with Gasteiger partial charge in [0.15, 0.2) is 0 Å². The number of para-hydroxylation sites is 1. The SMILES string of the molecule is CC(C)c1oc(=O)[nH]c1-c1ccccc1O. The average molecular weight is 219 g/mol. The van der Waals surface area contributed by atoms with Crippen LogP contribution in [-0.4, -0.2) is 10.1 Å². The highest BCUT2D eigenvalue weighted by atomic mass is 16.4. The van der Waals surface area contributed by atoms with Gasteiger partial charge >= 0.3 is 5.76 Å². The number of nitrogens with one attached hydrogen (secondary N) is 1. The van der Waals surface area contributed by atoms with Crippen molar-refractivity contribution >= 4 is 0 Å². The van der Waals surface area contributed by atoms with E-state index in [0.29, 0.717) is 17.0 Å². The molecule has 1 heterocycles. The Labute approximate surface area is 92.6 Å². The summed E-state index contributed by atoms with van der Waals surface area (Å²) in [5.74, 6) is 0.267. The van der Waals surface area contributed by atoms with Crippen molar-refractivity contribution in [2.45, 2.75) is 19.8 Å². The second-order valence-electron chi connectivity index (χ2n) is 3.93. The van der Waals surface area contributed by atoms with Crippen molar-refractivity contribution in [2.75, 3.05) is 0 Å². The third-order valence-corrected chi connectivity index (χ3v) is 2.37. The van der Waals surface area contributed by atoms with E-state index in [1.54, 1.807) is 24.3 Å². The molecule has 0 aliphatic rings. The van der Waals surface area contributed by atoms with Gasteiger partial charge in [0.2, 0.25) is 0 Å². The van der Waals surface area contributed by atoms with Crippen molar-refractivity contribution in [3.8, 4) is 17.0 Å². The molecule has 0 aliphatic carbocycles.